The van der Waals surface area contributed by atoms with Gasteiger partial charge in [0.25, 0.3) is 0 Å². The Morgan fingerprint density at radius 1 is 1.44 bits per heavy atom. The molecule has 0 saturated heterocycles. The monoisotopic (exact) mass is 432 g/mol. The topological polar surface area (TPSA) is 107 Å². The molecule has 9 heteroatoms. The van der Waals surface area contributed by atoms with Crippen LogP contribution < -0.4 is 5.32 Å². The van der Waals surface area contributed by atoms with Gasteiger partial charge in [0.05, 0.1) is 12.1 Å². The van der Waals surface area contributed by atoms with Crippen molar-refractivity contribution in [2.45, 2.75) is 48.6 Å². The molecule has 2 atom stereocenters. The van der Waals surface area contributed by atoms with Crippen molar-refractivity contribution in [3.8, 4) is 6.07 Å². The summed E-state index contributed by atoms with van der Waals surface area (Å²) in [5.74, 6) is -0.762. The van der Waals surface area contributed by atoms with Gasteiger partial charge in [0, 0.05) is 10.0 Å². The van der Waals surface area contributed by atoms with E-state index in [9.17, 15) is 22.9 Å². The normalized spacial score (nSPS) is 19.0. The molecule has 2 N–H and O–H groups in total. The summed E-state index contributed by atoms with van der Waals surface area (Å²) in [5, 5.41) is 19.2. The van der Waals surface area contributed by atoms with Crippen molar-refractivity contribution in [1.29, 1.82) is 5.26 Å². The van der Waals surface area contributed by atoms with Crippen LogP contribution in [0.4, 0.5) is 9.18 Å². The summed E-state index contributed by atoms with van der Waals surface area (Å²) in [4.78, 5) is 11.0. The smallest absolute Gasteiger partial charge is 0.404 e. The van der Waals surface area contributed by atoms with Gasteiger partial charge >= 0.3 is 6.09 Å². The lowest BCUT2D eigenvalue weighted by Crippen LogP contribution is -2.46. The van der Waals surface area contributed by atoms with Crippen molar-refractivity contribution in [2.75, 3.05) is 0 Å². The van der Waals surface area contributed by atoms with Crippen LogP contribution in [0.15, 0.2) is 22.7 Å². The zero-order chi connectivity index (χ0) is 18.8. The first-order chi connectivity index (χ1) is 11.6. The summed E-state index contributed by atoms with van der Waals surface area (Å²) in [5.41, 5.74) is -0.155. The van der Waals surface area contributed by atoms with Crippen LogP contribution in [0.3, 0.4) is 0 Å². The van der Waals surface area contributed by atoms with E-state index in [1.54, 1.807) is 0 Å². The number of amides is 1. The highest BCUT2D eigenvalue weighted by molar-refractivity contribution is 9.10. The Hall–Kier alpha value is -1.66. The molecule has 1 saturated carbocycles. The first-order valence-corrected chi connectivity index (χ1v) is 10.1. The number of hydrogen-bond donors (Lipinski definition) is 2. The zero-order valence-corrected chi connectivity index (χ0v) is 15.9. The fourth-order valence-electron chi connectivity index (χ4n) is 3.36. The first-order valence-electron chi connectivity index (χ1n) is 7.74. The Morgan fingerprint density at radius 2 is 2.04 bits per heavy atom. The number of sulfone groups is 1. The molecule has 1 aliphatic carbocycles. The minimum Gasteiger partial charge on any atom is -0.465 e. The molecule has 1 aromatic carbocycles. The van der Waals surface area contributed by atoms with Crippen LogP contribution in [-0.4, -0.2) is 30.4 Å². The van der Waals surface area contributed by atoms with Crippen LogP contribution in [0.2, 0.25) is 0 Å². The molecule has 0 heterocycles. The largest absolute Gasteiger partial charge is 0.465 e. The van der Waals surface area contributed by atoms with Crippen molar-refractivity contribution in [3.63, 3.8) is 0 Å². The van der Waals surface area contributed by atoms with Crippen LogP contribution in [0.25, 0.3) is 0 Å². The maximum absolute atomic E-state index is 14.4. The van der Waals surface area contributed by atoms with E-state index in [1.165, 1.54) is 19.1 Å². The molecule has 0 aromatic heterocycles. The Labute approximate surface area is 154 Å². The first kappa shape index (κ1) is 19.7. The second-order valence-electron chi connectivity index (χ2n) is 6.18. The molecular weight excluding hydrogens is 415 g/mol. The van der Waals surface area contributed by atoms with Gasteiger partial charge in [-0.1, -0.05) is 28.8 Å². The van der Waals surface area contributed by atoms with E-state index in [1.807, 2.05) is 6.07 Å². The summed E-state index contributed by atoms with van der Waals surface area (Å²) in [6.45, 7) is 1.36. The van der Waals surface area contributed by atoms with Gasteiger partial charge < -0.3 is 10.4 Å². The quantitative estimate of drug-likeness (QED) is 0.739. The van der Waals surface area contributed by atoms with E-state index in [0.29, 0.717) is 17.3 Å². The maximum Gasteiger partial charge on any atom is 0.404 e. The lowest BCUT2D eigenvalue weighted by Gasteiger charge is -2.31. The molecule has 2 rings (SSSR count). The van der Waals surface area contributed by atoms with Gasteiger partial charge in [0.15, 0.2) is 14.6 Å². The summed E-state index contributed by atoms with van der Waals surface area (Å²) in [7, 11) is -4.20. The fourth-order valence-corrected chi connectivity index (χ4v) is 6.33. The third-order valence-corrected chi connectivity index (χ3v) is 7.98. The van der Waals surface area contributed by atoms with E-state index in [4.69, 9.17) is 5.11 Å². The Morgan fingerprint density at radius 3 is 2.56 bits per heavy atom. The number of rotatable bonds is 5. The van der Waals surface area contributed by atoms with Gasteiger partial charge in [-0.2, -0.15) is 5.26 Å². The van der Waals surface area contributed by atoms with Crippen molar-refractivity contribution < 1.29 is 22.7 Å². The van der Waals surface area contributed by atoms with E-state index < -0.39 is 37.8 Å². The molecule has 2 unspecified atom stereocenters. The second-order valence-corrected chi connectivity index (χ2v) is 9.48. The number of carboxylic acid groups (broad SMARTS) is 1. The molecule has 6 nitrogen and oxygen atoms in total. The van der Waals surface area contributed by atoms with Crippen LogP contribution in [0.5, 0.6) is 0 Å². The molecule has 0 bridgehead atoms. The maximum atomic E-state index is 14.4. The highest BCUT2D eigenvalue weighted by Gasteiger charge is 2.52. The van der Waals surface area contributed by atoms with Crippen LogP contribution in [0.1, 0.15) is 43.4 Å². The SMILES string of the molecule is CC(NC(=O)O)C(c1cc(Br)ccc1F)S(=O)(=O)C1(C#N)CCCC1. The number of halogens is 2. The van der Waals surface area contributed by atoms with Gasteiger partial charge in [0.2, 0.25) is 0 Å². The van der Waals surface area contributed by atoms with Gasteiger partial charge in [-0.3, -0.25) is 0 Å². The summed E-state index contributed by atoms with van der Waals surface area (Å²) >= 11 is 3.18. The van der Waals surface area contributed by atoms with Gasteiger partial charge in [-0.05, 0) is 38.0 Å². The third kappa shape index (κ3) is 3.65. The van der Waals surface area contributed by atoms with Gasteiger partial charge in [-0.15, -0.1) is 0 Å². The van der Waals surface area contributed by atoms with E-state index in [-0.39, 0.29) is 18.4 Å². The van der Waals surface area contributed by atoms with Crippen molar-refractivity contribution in [3.05, 3.63) is 34.1 Å². The Balaban J connectivity index is 2.65. The van der Waals surface area contributed by atoms with Gasteiger partial charge in [0.1, 0.15) is 11.1 Å². The van der Waals surface area contributed by atoms with Crippen LogP contribution in [0, 0.1) is 17.1 Å². The zero-order valence-electron chi connectivity index (χ0n) is 13.5. The molecular formula is C16H18BrFN2O4S. The van der Waals surface area contributed by atoms with E-state index in [2.05, 4.69) is 21.2 Å². The predicted octanol–water partition coefficient (Wildman–Crippen LogP) is 3.54. The van der Waals surface area contributed by atoms with Gasteiger partial charge in [-0.25, -0.2) is 17.6 Å². The summed E-state index contributed by atoms with van der Waals surface area (Å²) in [6.07, 6.45) is 0.0818. The standard InChI is InChI=1S/C16H18BrFN2O4S/c1-10(20-15(21)22)14(12-8-11(17)4-5-13(12)18)25(23,24)16(9-19)6-2-3-7-16/h4-5,8,10,14,20H,2-3,6-7H2,1H3,(H,21,22). The number of nitriles is 1. The van der Waals surface area contributed by atoms with E-state index in [0.717, 1.165) is 6.07 Å². The second kappa shape index (κ2) is 7.30. The molecule has 1 amide bonds. The highest BCUT2D eigenvalue weighted by Crippen LogP contribution is 2.44. The lowest BCUT2D eigenvalue weighted by molar-refractivity contribution is 0.190. The van der Waals surface area contributed by atoms with Crippen molar-refractivity contribution in [2.24, 2.45) is 0 Å². The molecule has 136 valence electrons. The van der Waals surface area contributed by atoms with Crippen molar-refractivity contribution in [1.82, 2.24) is 5.32 Å². The van der Waals surface area contributed by atoms with Crippen molar-refractivity contribution >= 4 is 31.9 Å². The summed E-state index contributed by atoms with van der Waals surface area (Å²) < 4.78 is 39.9. The van der Waals surface area contributed by atoms with Crippen LogP contribution in [-0.2, 0) is 9.84 Å². The third-order valence-electron chi connectivity index (χ3n) is 4.56. The fraction of sp³-hybridized carbons (Fsp3) is 0.500. The highest BCUT2D eigenvalue weighted by atomic mass is 79.9. The molecule has 0 aliphatic heterocycles. The molecule has 1 aliphatic rings. The molecule has 1 fully saturated rings. The number of benzene rings is 1. The van der Waals surface area contributed by atoms with Crippen LogP contribution >= 0.6 is 15.9 Å². The number of hydrogen-bond acceptors (Lipinski definition) is 4. The summed E-state index contributed by atoms with van der Waals surface area (Å²) in [6, 6.07) is 4.64. The number of nitrogens with zero attached hydrogens (tertiary/aromatic N) is 1. The van der Waals surface area contributed by atoms with E-state index >= 15 is 0 Å². The number of nitrogens with one attached hydrogen (secondary N) is 1. The molecule has 0 radical (unpaired) electrons. The average Bonchev–Trinajstić information content (AvgIpc) is 3.00. The predicted molar refractivity (Wildman–Crippen MR) is 93.2 cm³/mol. The Kier molecular flexibility index (Phi) is 5.74. The average molecular weight is 433 g/mol. The minimum atomic E-state index is -4.20. The lowest BCUT2D eigenvalue weighted by atomic mass is 10.1. The number of carbonyl (C=O) groups is 1. The Bertz CT molecular complexity index is 816. The molecule has 25 heavy (non-hydrogen) atoms. The molecule has 0 spiro atoms. The molecule has 1 aromatic rings. The minimum absolute atomic E-state index is 0.155.